The van der Waals surface area contributed by atoms with Crippen LogP contribution in [0.15, 0.2) is 10.6 Å². The Hall–Kier alpha value is 0.200. The van der Waals surface area contributed by atoms with Gasteiger partial charge in [0.05, 0.1) is 5.03 Å². The van der Waals surface area contributed by atoms with Gasteiger partial charge in [-0.2, -0.15) is 0 Å². The van der Waals surface area contributed by atoms with E-state index in [0.29, 0.717) is 0 Å². The maximum absolute atomic E-state index is 5.62. The van der Waals surface area contributed by atoms with E-state index in [9.17, 15) is 0 Å². The van der Waals surface area contributed by atoms with E-state index >= 15 is 0 Å². The van der Waals surface area contributed by atoms with Crippen molar-refractivity contribution >= 4 is 23.7 Å². The number of nitrogens with one attached hydrogen (secondary N) is 1. The largest absolute Gasteiger partial charge is 0.322 e. The van der Waals surface area contributed by atoms with Crippen LogP contribution >= 0.6 is 23.7 Å². The smallest absolute Gasteiger partial charge is 0.123 e. The molecule has 0 amide bonds. The van der Waals surface area contributed by atoms with Crippen LogP contribution < -0.4 is 10.5 Å². The summed E-state index contributed by atoms with van der Waals surface area (Å²) in [5, 5.41) is 1.33. The maximum Gasteiger partial charge on any atom is 0.123 e. The zero-order chi connectivity index (χ0) is 6.27. The third-order valence-electron chi connectivity index (χ3n) is 1.32. The predicted molar refractivity (Wildman–Crippen MR) is 42.6 cm³/mol. The fraction of sp³-hybridized carbons (Fsp3) is 0.600. The lowest BCUT2D eigenvalue weighted by Gasteiger charge is -1.90. The minimum absolute atomic E-state index is 0.216. The Morgan fingerprint density at radius 2 is 2.33 bits per heavy atom. The van der Waals surface area contributed by atoms with E-state index in [1.807, 2.05) is 0 Å². The van der Waals surface area contributed by atoms with Crippen molar-refractivity contribution in [1.29, 1.82) is 0 Å². The molecule has 2 rings (SSSR count). The molecule has 0 radical (unpaired) electrons. The van der Waals surface area contributed by atoms with Gasteiger partial charge in [-0.05, 0) is 30.4 Å². The summed E-state index contributed by atoms with van der Waals surface area (Å²) >= 11 is 3.35. The molecule has 0 aromatic heterocycles. The second-order valence-corrected chi connectivity index (χ2v) is 4.54. The molecule has 1 unspecified atom stereocenters. The highest BCUT2D eigenvalue weighted by atomic mass is 32.2. The molecule has 2 fully saturated rings. The van der Waals surface area contributed by atoms with Crippen LogP contribution in [0.1, 0.15) is 12.8 Å². The van der Waals surface area contributed by atoms with Crippen molar-refractivity contribution in [2.75, 3.05) is 0 Å². The van der Waals surface area contributed by atoms with Crippen LogP contribution in [-0.4, -0.2) is 4.71 Å². The fourth-order valence-electron chi connectivity index (χ4n) is 0.721. The monoisotopic (exact) mass is 160 g/mol. The van der Waals surface area contributed by atoms with Crippen LogP contribution in [0, 0.1) is 0 Å². The molecule has 0 aromatic rings. The summed E-state index contributed by atoms with van der Waals surface area (Å²) in [6, 6.07) is 0. The van der Waals surface area contributed by atoms with E-state index in [1.54, 1.807) is 29.3 Å². The molecule has 1 saturated carbocycles. The molecule has 0 spiro atoms. The number of allylic oxidation sites excluding steroid dienone is 1. The zero-order valence-electron chi connectivity index (χ0n) is 4.89. The summed E-state index contributed by atoms with van der Waals surface area (Å²) in [5.74, 6) is 0. The molecule has 4 heteroatoms. The van der Waals surface area contributed by atoms with Gasteiger partial charge < -0.3 is 10.5 Å². The third-order valence-corrected chi connectivity index (χ3v) is 3.44. The highest BCUT2D eigenvalue weighted by molar-refractivity contribution is 8.21. The Morgan fingerprint density at radius 3 is 2.78 bits per heavy atom. The van der Waals surface area contributed by atoms with Crippen molar-refractivity contribution in [1.82, 2.24) is 4.72 Å². The molecule has 1 heterocycles. The summed E-state index contributed by atoms with van der Waals surface area (Å²) < 4.78 is 3.42. The lowest BCUT2D eigenvalue weighted by molar-refractivity contribution is 1.31. The highest BCUT2D eigenvalue weighted by Gasteiger charge is 2.25. The minimum atomic E-state index is 0.216. The Labute approximate surface area is 62.8 Å². The molecule has 0 bridgehead atoms. The predicted octanol–water partition coefficient (Wildman–Crippen LogP) is 1.22. The second kappa shape index (κ2) is 2.11. The summed E-state index contributed by atoms with van der Waals surface area (Å²) in [4.78, 5) is 0. The molecule has 1 atom stereocenters. The normalized spacial score (nSPS) is 32.8. The summed E-state index contributed by atoms with van der Waals surface area (Å²) in [5.41, 5.74) is 7.18. The zero-order valence-corrected chi connectivity index (χ0v) is 6.52. The van der Waals surface area contributed by atoms with Gasteiger partial charge in [0.15, 0.2) is 0 Å². The minimum Gasteiger partial charge on any atom is -0.322 e. The first-order valence-corrected chi connectivity index (χ1v) is 4.68. The van der Waals surface area contributed by atoms with Crippen molar-refractivity contribution < 1.29 is 0 Å². The van der Waals surface area contributed by atoms with Gasteiger partial charge in [0, 0.05) is 0 Å². The Kier molecular flexibility index (Phi) is 1.39. The van der Waals surface area contributed by atoms with Gasteiger partial charge in [0.2, 0.25) is 0 Å². The van der Waals surface area contributed by atoms with Crippen LogP contribution in [0.3, 0.4) is 0 Å². The summed E-state index contributed by atoms with van der Waals surface area (Å²) in [6.45, 7) is 0. The molecule has 2 aliphatic rings. The van der Waals surface area contributed by atoms with E-state index in [0.717, 1.165) is 0 Å². The van der Waals surface area contributed by atoms with E-state index in [-0.39, 0.29) is 4.71 Å². The van der Waals surface area contributed by atoms with E-state index in [2.05, 4.69) is 4.72 Å². The van der Waals surface area contributed by atoms with Gasteiger partial charge in [-0.15, -0.1) is 0 Å². The van der Waals surface area contributed by atoms with Crippen LogP contribution in [0.5, 0.6) is 0 Å². The highest BCUT2D eigenvalue weighted by Crippen LogP contribution is 2.42. The van der Waals surface area contributed by atoms with E-state index in [4.69, 9.17) is 5.73 Å². The van der Waals surface area contributed by atoms with Crippen molar-refractivity contribution in [3.05, 3.63) is 10.6 Å². The van der Waals surface area contributed by atoms with E-state index < -0.39 is 0 Å². The van der Waals surface area contributed by atoms with Crippen molar-refractivity contribution in [2.24, 2.45) is 5.73 Å². The van der Waals surface area contributed by atoms with Crippen LogP contribution in [0.4, 0.5) is 0 Å². The van der Waals surface area contributed by atoms with Crippen LogP contribution in [-0.2, 0) is 0 Å². The average Bonchev–Trinajstić information content (AvgIpc) is 2.58. The molecular weight excluding hydrogens is 152 g/mol. The molecule has 1 saturated heterocycles. The van der Waals surface area contributed by atoms with E-state index in [1.165, 1.54) is 17.9 Å². The number of nitrogens with two attached hydrogens (primary N) is 1. The molecule has 50 valence electrons. The standard InChI is InChI=1S/C5H8N2S2/c6-5-8-4(7-9-5)3-1-2-3/h5,7H,1-2,6H2. The third kappa shape index (κ3) is 1.20. The molecular formula is C5H8N2S2. The Bertz CT molecular complexity index is 160. The van der Waals surface area contributed by atoms with Gasteiger partial charge in [0.25, 0.3) is 0 Å². The van der Waals surface area contributed by atoms with Crippen LogP contribution in [0.2, 0.25) is 0 Å². The summed E-state index contributed by atoms with van der Waals surface area (Å²) in [6.07, 6.45) is 2.56. The molecule has 2 nitrogen and oxygen atoms in total. The van der Waals surface area contributed by atoms with Gasteiger partial charge >= 0.3 is 0 Å². The Balaban J connectivity index is 2.09. The first-order chi connectivity index (χ1) is 4.36. The van der Waals surface area contributed by atoms with Gasteiger partial charge in [0.1, 0.15) is 4.71 Å². The van der Waals surface area contributed by atoms with Crippen molar-refractivity contribution in [3.63, 3.8) is 0 Å². The lowest BCUT2D eigenvalue weighted by atomic mass is 10.7. The number of rotatable bonds is 0. The van der Waals surface area contributed by atoms with Crippen molar-refractivity contribution in [2.45, 2.75) is 17.5 Å². The first kappa shape index (κ1) is 5.95. The second-order valence-electron chi connectivity index (χ2n) is 2.14. The SMILES string of the molecule is NC1SNC(=C2CC2)S1. The summed E-state index contributed by atoms with van der Waals surface area (Å²) in [7, 11) is 0. The molecule has 1 aliphatic carbocycles. The number of thioether (sulfide) groups is 1. The molecule has 9 heavy (non-hydrogen) atoms. The quantitative estimate of drug-likeness (QED) is 0.523. The van der Waals surface area contributed by atoms with Gasteiger partial charge in [-0.25, -0.2) is 0 Å². The van der Waals surface area contributed by atoms with Gasteiger partial charge in [-0.3, -0.25) is 0 Å². The van der Waals surface area contributed by atoms with Crippen molar-refractivity contribution in [3.8, 4) is 0 Å². The number of hydrogen-bond donors (Lipinski definition) is 2. The molecule has 0 aromatic carbocycles. The van der Waals surface area contributed by atoms with Gasteiger partial charge in [-0.1, -0.05) is 11.8 Å². The average molecular weight is 160 g/mol. The topological polar surface area (TPSA) is 38.0 Å². The lowest BCUT2D eigenvalue weighted by Crippen LogP contribution is -2.05. The Morgan fingerprint density at radius 1 is 1.56 bits per heavy atom. The molecule has 3 N–H and O–H groups in total. The fourth-order valence-corrected chi connectivity index (χ4v) is 2.65. The number of hydrogen-bond acceptors (Lipinski definition) is 4. The maximum atomic E-state index is 5.62. The molecule has 1 aliphatic heterocycles. The van der Waals surface area contributed by atoms with Crippen LogP contribution in [0.25, 0.3) is 0 Å². The first-order valence-electron chi connectivity index (χ1n) is 2.92.